The summed E-state index contributed by atoms with van der Waals surface area (Å²) >= 11 is 5.89. The molecular weight excluding hydrogens is 503 g/mol. The SMILES string of the molecule is CN=C(NCc1cccc(-c2ncn[nH]2)c1)NCC(C)Oc1ccc(Cl)cc1.I. The predicted octanol–water partition coefficient (Wildman–Crippen LogP) is 3.88. The maximum Gasteiger partial charge on any atom is 0.191 e. The molecule has 9 heteroatoms. The number of rotatable bonds is 7. The smallest absolute Gasteiger partial charge is 0.191 e. The molecule has 3 rings (SSSR count). The first kappa shape index (κ1) is 23.0. The van der Waals surface area contributed by atoms with Crippen molar-refractivity contribution in [3.8, 4) is 17.1 Å². The second-order valence-corrected chi connectivity index (χ2v) is 6.66. The molecule has 0 amide bonds. The summed E-state index contributed by atoms with van der Waals surface area (Å²) in [5, 5.41) is 14.0. The first-order chi connectivity index (χ1) is 13.6. The van der Waals surface area contributed by atoms with Gasteiger partial charge in [0.1, 0.15) is 18.2 Å². The number of guanidine groups is 1. The van der Waals surface area contributed by atoms with E-state index in [0.717, 1.165) is 22.7 Å². The van der Waals surface area contributed by atoms with E-state index in [0.29, 0.717) is 24.1 Å². The predicted molar refractivity (Wildman–Crippen MR) is 127 cm³/mol. The Labute approximate surface area is 192 Å². The van der Waals surface area contributed by atoms with E-state index < -0.39 is 0 Å². The van der Waals surface area contributed by atoms with Gasteiger partial charge in [-0.25, -0.2) is 4.98 Å². The molecule has 0 radical (unpaired) electrons. The standard InChI is InChI=1S/C20H23ClN6O.HI/c1-14(28-18-8-6-17(21)7-9-18)11-23-20(22-2)24-12-15-4-3-5-16(10-15)19-25-13-26-27-19;/h3-10,13-14H,11-12H2,1-2H3,(H2,22,23,24)(H,25,26,27);1H. The van der Waals surface area contributed by atoms with Crippen LogP contribution in [0.3, 0.4) is 0 Å². The van der Waals surface area contributed by atoms with Crippen molar-refractivity contribution in [3.05, 3.63) is 65.4 Å². The summed E-state index contributed by atoms with van der Waals surface area (Å²) < 4.78 is 5.86. The van der Waals surface area contributed by atoms with Crippen LogP contribution in [0.15, 0.2) is 59.9 Å². The molecule has 0 aliphatic rings. The van der Waals surface area contributed by atoms with E-state index in [1.54, 1.807) is 7.05 Å². The Morgan fingerprint density at radius 3 is 2.69 bits per heavy atom. The molecule has 0 aliphatic carbocycles. The lowest BCUT2D eigenvalue weighted by atomic mass is 10.1. The van der Waals surface area contributed by atoms with Gasteiger partial charge < -0.3 is 15.4 Å². The van der Waals surface area contributed by atoms with Crippen molar-refractivity contribution < 1.29 is 4.74 Å². The fourth-order valence-corrected chi connectivity index (χ4v) is 2.73. The van der Waals surface area contributed by atoms with Gasteiger partial charge in [0.2, 0.25) is 0 Å². The number of ether oxygens (including phenoxy) is 1. The summed E-state index contributed by atoms with van der Waals surface area (Å²) in [6, 6.07) is 15.4. The van der Waals surface area contributed by atoms with Gasteiger partial charge >= 0.3 is 0 Å². The van der Waals surface area contributed by atoms with Crippen LogP contribution in [0.25, 0.3) is 11.4 Å². The molecule has 2 aromatic carbocycles. The Morgan fingerprint density at radius 2 is 2.00 bits per heavy atom. The van der Waals surface area contributed by atoms with Crippen molar-refractivity contribution in [2.75, 3.05) is 13.6 Å². The Bertz CT molecular complexity index is 902. The molecule has 0 saturated heterocycles. The molecule has 0 saturated carbocycles. The van der Waals surface area contributed by atoms with E-state index in [1.807, 2.05) is 49.4 Å². The lowest BCUT2D eigenvalue weighted by molar-refractivity contribution is 0.224. The molecule has 3 aromatic rings. The molecule has 7 nitrogen and oxygen atoms in total. The second kappa shape index (κ2) is 11.6. The van der Waals surface area contributed by atoms with Gasteiger partial charge in [0.25, 0.3) is 0 Å². The third-order valence-electron chi connectivity index (χ3n) is 4.01. The molecular formula is C20H24ClIN6O. The fraction of sp³-hybridized carbons (Fsp3) is 0.250. The molecule has 1 aromatic heterocycles. The Hall–Kier alpha value is -2.33. The van der Waals surface area contributed by atoms with Crippen LogP contribution in [0.1, 0.15) is 12.5 Å². The monoisotopic (exact) mass is 526 g/mol. The zero-order chi connectivity index (χ0) is 19.8. The zero-order valence-electron chi connectivity index (χ0n) is 16.2. The van der Waals surface area contributed by atoms with Crippen molar-refractivity contribution in [1.29, 1.82) is 0 Å². The number of nitrogens with zero attached hydrogens (tertiary/aromatic N) is 3. The highest BCUT2D eigenvalue weighted by Crippen LogP contribution is 2.17. The first-order valence-corrected chi connectivity index (χ1v) is 9.33. The Morgan fingerprint density at radius 1 is 1.21 bits per heavy atom. The van der Waals surface area contributed by atoms with Gasteiger partial charge in [0.15, 0.2) is 11.8 Å². The van der Waals surface area contributed by atoms with Gasteiger partial charge in [-0.2, -0.15) is 5.10 Å². The quantitative estimate of drug-likeness (QED) is 0.247. The minimum atomic E-state index is -0.0329. The minimum Gasteiger partial charge on any atom is -0.489 e. The molecule has 0 spiro atoms. The lowest BCUT2D eigenvalue weighted by Gasteiger charge is -2.18. The molecule has 0 aliphatic heterocycles. The van der Waals surface area contributed by atoms with Gasteiger partial charge in [-0.3, -0.25) is 10.1 Å². The molecule has 3 N–H and O–H groups in total. The summed E-state index contributed by atoms with van der Waals surface area (Å²) in [5.74, 6) is 2.24. The highest BCUT2D eigenvalue weighted by molar-refractivity contribution is 14.0. The van der Waals surface area contributed by atoms with Crippen LogP contribution in [-0.2, 0) is 6.54 Å². The fourth-order valence-electron chi connectivity index (χ4n) is 2.61. The highest BCUT2D eigenvalue weighted by Gasteiger charge is 2.07. The number of aliphatic imine (C=N–C) groups is 1. The summed E-state index contributed by atoms with van der Waals surface area (Å²) in [5.41, 5.74) is 2.10. The van der Waals surface area contributed by atoms with Crippen molar-refractivity contribution >= 4 is 41.5 Å². The van der Waals surface area contributed by atoms with Crippen molar-refractivity contribution in [1.82, 2.24) is 25.8 Å². The number of hydrogen-bond donors (Lipinski definition) is 3. The molecule has 0 bridgehead atoms. The average Bonchev–Trinajstić information content (AvgIpc) is 3.25. The van der Waals surface area contributed by atoms with Gasteiger partial charge in [-0.1, -0.05) is 29.8 Å². The number of hydrogen-bond acceptors (Lipinski definition) is 4. The topological polar surface area (TPSA) is 87.2 Å². The largest absolute Gasteiger partial charge is 0.489 e. The van der Waals surface area contributed by atoms with Crippen LogP contribution < -0.4 is 15.4 Å². The van der Waals surface area contributed by atoms with E-state index in [2.05, 4.69) is 36.9 Å². The number of aromatic nitrogens is 3. The van der Waals surface area contributed by atoms with Crippen LogP contribution in [0.4, 0.5) is 0 Å². The third-order valence-corrected chi connectivity index (χ3v) is 4.26. The van der Waals surface area contributed by atoms with E-state index >= 15 is 0 Å². The van der Waals surface area contributed by atoms with Gasteiger partial charge in [-0.05, 0) is 42.8 Å². The van der Waals surface area contributed by atoms with Crippen LogP contribution in [-0.4, -0.2) is 40.8 Å². The molecule has 1 atom stereocenters. The molecule has 154 valence electrons. The summed E-state index contributed by atoms with van der Waals surface area (Å²) in [6.45, 7) is 3.24. The maximum atomic E-state index is 5.89. The molecule has 1 unspecified atom stereocenters. The van der Waals surface area contributed by atoms with Crippen LogP contribution in [0.2, 0.25) is 5.02 Å². The maximum absolute atomic E-state index is 5.89. The molecule has 29 heavy (non-hydrogen) atoms. The number of nitrogens with one attached hydrogen (secondary N) is 3. The third kappa shape index (κ3) is 7.21. The lowest BCUT2D eigenvalue weighted by Crippen LogP contribution is -2.41. The van der Waals surface area contributed by atoms with E-state index in [-0.39, 0.29) is 30.1 Å². The van der Waals surface area contributed by atoms with Gasteiger partial charge in [-0.15, -0.1) is 24.0 Å². The second-order valence-electron chi connectivity index (χ2n) is 6.22. The summed E-state index contributed by atoms with van der Waals surface area (Å²) in [6.07, 6.45) is 1.47. The van der Waals surface area contributed by atoms with Crippen LogP contribution in [0.5, 0.6) is 5.75 Å². The highest BCUT2D eigenvalue weighted by atomic mass is 127. The minimum absolute atomic E-state index is 0. The van der Waals surface area contributed by atoms with Crippen molar-refractivity contribution in [2.24, 2.45) is 4.99 Å². The van der Waals surface area contributed by atoms with E-state index in [1.165, 1.54) is 6.33 Å². The number of benzene rings is 2. The van der Waals surface area contributed by atoms with Crippen LogP contribution in [0, 0.1) is 0 Å². The number of H-pyrrole nitrogens is 1. The number of halogens is 2. The van der Waals surface area contributed by atoms with E-state index in [9.17, 15) is 0 Å². The zero-order valence-corrected chi connectivity index (χ0v) is 19.3. The average molecular weight is 527 g/mol. The van der Waals surface area contributed by atoms with Crippen molar-refractivity contribution in [3.63, 3.8) is 0 Å². The molecule has 0 fully saturated rings. The first-order valence-electron chi connectivity index (χ1n) is 8.95. The van der Waals surface area contributed by atoms with Crippen molar-refractivity contribution in [2.45, 2.75) is 19.6 Å². The van der Waals surface area contributed by atoms with Crippen LogP contribution >= 0.6 is 35.6 Å². The summed E-state index contributed by atoms with van der Waals surface area (Å²) in [4.78, 5) is 8.44. The molecule has 1 heterocycles. The van der Waals surface area contributed by atoms with Gasteiger partial charge in [0, 0.05) is 24.2 Å². The van der Waals surface area contributed by atoms with E-state index in [4.69, 9.17) is 16.3 Å². The number of aromatic amines is 1. The Balaban J connectivity index is 0.00000300. The normalized spacial score (nSPS) is 12.0. The summed E-state index contributed by atoms with van der Waals surface area (Å²) in [7, 11) is 1.74. The van der Waals surface area contributed by atoms with Gasteiger partial charge in [0.05, 0.1) is 6.54 Å². The Kier molecular flexibility index (Phi) is 9.20.